The Bertz CT molecular complexity index is 1330. The molecule has 0 saturated heterocycles. The molecule has 202 valence electrons. The van der Waals surface area contributed by atoms with Crippen molar-refractivity contribution in [2.24, 2.45) is 5.92 Å². The number of carbonyl (C=O) groups is 2. The molecular formula is C28H31ClFN3O4S. The maximum atomic E-state index is 13.8. The van der Waals surface area contributed by atoms with Gasteiger partial charge in [0.05, 0.1) is 10.6 Å². The van der Waals surface area contributed by atoms with E-state index < -0.39 is 34.3 Å². The molecule has 0 saturated carbocycles. The lowest BCUT2D eigenvalue weighted by Gasteiger charge is -2.32. The van der Waals surface area contributed by atoms with Gasteiger partial charge >= 0.3 is 0 Å². The summed E-state index contributed by atoms with van der Waals surface area (Å²) in [5, 5.41) is 3.23. The zero-order valence-corrected chi connectivity index (χ0v) is 23.0. The number of benzene rings is 3. The van der Waals surface area contributed by atoms with Crippen molar-refractivity contribution in [2.75, 3.05) is 17.4 Å². The van der Waals surface area contributed by atoms with E-state index >= 15 is 0 Å². The Hall–Kier alpha value is -3.43. The van der Waals surface area contributed by atoms with E-state index in [-0.39, 0.29) is 29.0 Å². The van der Waals surface area contributed by atoms with Gasteiger partial charge in [0.2, 0.25) is 11.8 Å². The normalized spacial score (nSPS) is 12.2. The number of anilines is 1. The number of amides is 2. The minimum Gasteiger partial charge on any atom is -0.354 e. The second kappa shape index (κ2) is 12.9. The zero-order chi connectivity index (χ0) is 27.9. The van der Waals surface area contributed by atoms with E-state index in [0.717, 1.165) is 4.31 Å². The lowest BCUT2D eigenvalue weighted by Crippen LogP contribution is -2.51. The largest absolute Gasteiger partial charge is 0.354 e. The lowest BCUT2D eigenvalue weighted by molar-refractivity contribution is -0.139. The van der Waals surface area contributed by atoms with E-state index in [1.54, 1.807) is 25.1 Å². The number of sulfonamides is 1. The minimum atomic E-state index is -4.15. The highest BCUT2D eigenvalue weighted by molar-refractivity contribution is 7.92. The highest BCUT2D eigenvalue weighted by atomic mass is 35.5. The molecule has 38 heavy (non-hydrogen) atoms. The molecule has 10 heteroatoms. The summed E-state index contributed by atoms with van der Waals surface area (Å²) in [5.41, 5.74) is 0.831. The van der Waals surface area contributed by atoms with Gasteiger partial charge in [0.15, 0.2) is 0 Å². The fraction of sp³-hybridized carbons (Fsp3) is 0.286. The summed E-state index contributed by atoms with van der Waals surface area (Å²) in [4.78, 5) is 28.0. The maximum absolute atomic E-state index is 13.8. The van der Waals surface area contributed by atoms with Crippen LogP contribution in [0.2, 0.25) is 5.02 Å². The van der Waals surface area contributed by atoms with Crippen molar-refractivity contribution in [1.82, 2.24) is 10.2 Å². The Morgan fingerprint density at radius 2 is 1.53 bits per heavy atom. The summed E-state index contributed by atoms with van der Waals surface area (Å²) in [6.07, 6.45) is 0. The molecule has 0 radical (unpaired) electrons. The number of rotatable bonds is 11. The monoisotopic (exact) mass is 559 g/mol. The summed E-state index contributed by atoms with van der Waals surface area (Å²) < 4.78 is 41.8. The van der Waals surface area contributed by atoms with Gasteiger partial charge in [-0.3, -0.25) is 13.9 Å². The number of hydrogen-bond donors (Lipinski definition) is 1. The molecule has 0 aliphatic rings. The second-order valence-corrected chi connectivity index (χ2v) is 11.6. The van der Waals surface area contributed by atoms with Crippen LogP contribution >= 0.6 is 11.6 Å². The average molecular weight is 560 g/mol. The fourth-order valence-corrected chi connectivity index (χ4v) is 5.24. The number of nitrogens with zero attached hydrogens (tertiary/aromatic N) is 2. The van der Waals surface area contributed by atoms with Crippen LogP contribution < -0.4 is 9.62 Å². The molecule has 0 aliphatic heterocycles. The molecule has 0 spiro atoms. The summed E-state index contributed by atoms with van der Waals surface area (Å²) >= 11 is 6.02. The molecule has 3 aromatic rings. The summed E-state index contributed by atoms with van der Waals surface area (Å²) in [6.45, 7) is 5.31. The quantitative estimate of drug-likeness (QED) is 0.363. The first-order valence-corrected chi connectivity index (χ1v) is 14.0. The summed E-state index contributed by atoms with van der Waals surface area (Å²) in [5.74, 6) is -1.21. The van der Waals surface area contributed by atoms with Gasteiger partial charge in [-0.2, -0.15) is 0 Å². The van der Waals surface area contributed by atoms with Crippen LogP contribution in [0, 0.1) is 11.7 Å². The topological polar surface area (TPSA) is 86.8 Å². The van der Waals surface area contributed by atoms with Gasteiger partial charge in [-0.1, -0.05) is 55.8 Å². The number of nitrogens with one attached hydrogen (secondary N) is 1. The van der Waals surface area contributed by atoms with Crippen LogP contribution in [-0.4, -0.2) is 44.3 Å². The Labute approximate surface area is 228 Å². The molecule has 0 aliphatic carbocycles. The van der Waals surface area contributed by atoms with E-state index in [1.165, 1.54) is 65.6 Å². The molecule has 0 bridgehead atoms. The first-order chi connectivity index (χ1) is 18.0. The predicted octanol–water partition coefficient (Wildman–Crippen LogP) is 4.86. The van der Waals surface area contributed by atoms with Crippen LogP contribution in [0.4, 0.5) is 10.1 Å². The van der Waals surface area contributed by atoms with Gasteiger partial charge in [0.1, 0.15) is 18.4 Å². The molecule has 0 aromatic heterocycles. The Morgan fingerprint density at radius 1 is 0.921 bits per heavy atom. The SMILES string of the molecule is CC(C)CNC(=O)C(C)N(Cc1ccc(F)cc1)C(=O)CN(c1ccc(Cl)cc1)S(=O)(=O)c1ccccc1. The molecule has 3 aromatic carbocycles. The number of carbonyl (C=O) groups excluding carboxylic acids is 2. The first kappa shape index (κ1) is 29.1. The van der Waals surface area contributed by atoms with E-state index in [1.807, 2.05) is 13.8 Å². The van der Waals surface area contributed by atoms with Gasteiger partial charge < -0.3 is 10.2 Å². The van der Waals surface area contributed by atoms with Crippen LogP contribution in [0.15, 0.2) is 83.8 Å². The van der Waals surface area contributed by atoms with Gasteiger partial charge in [0.25, 0.3) is 10.0 Å². The molecule has 7 nitrogen and oxygen atoms in total. The highest BCUT2D eigenvalue weighted by Crippen LogP contribution is 2.26. The van der Waals surface area contributed by atoms with Gasteiger partial charge in [-0.05, 0) is 66.9 Å². The van der Waals surface area contributed by atoms with Crippen LogP contribution in [0.3, 0.4) is 0 Å². The van der Waals surface area contributed by atoms with Crippen LogP contribution in [0.5, 0.6) is 0 Å². The Balaban J connectivity index is 1.98. The van der Waals surface area contributed by atoms with E-state index in [4.69, 9.17) is 11.6 Å². The van der Waals surface area contributed by atoms with Crippen molar-refractivity contribution in [1.29, 1.82) is 0 Å². The van der Waals surface area contributed by atoms with Crippen molar-refractivity contribution in [3.8, 4) is 0 Å². The van der Waals surface area contributed by atoms with Crippen molar-refractivity contribution in [3.63, 3.8) is 0 Å². The molecular weight excluding hydrogens is 529 g/mol. The number of hydrogen-bond acceptors (Lipinski definition) is 4. The molecule has 2 amide bonds. The third-order valence-electron chi connectivity index (χ3n) is 5.84. The average Bonchev–Trinajstić information content (AvgIpc) is 2.90. The lowest BCUT2D eigenvalue weighted by atomic mass is 10.1. The van der Waals surface area contributed by atoms with Gasteiger partial charge in [0, 0.05) is 18.1 Å². The van der Waals surface area contributed by atoms with Crippen molar-refractivity contribution < 1.29 is 22.4 Å². The molecule has 1 atom stereocenters. The third kappa shape index (κ3) is 7.55. The van der Waals surface area contributed by atoms with Gasteiger partial charge in [-0.15, -0.1) is 0 Å². The fourth-order valence-electron chi connectivity index (χ4n) is 3.68. The highest BCUT2D eigenvalue weighted by Gasteiger charge is 2.32. The van der Waals surface area contributed by atoms with Crippen LogP contribution in [-0.2, 0) is 26.2 Å². The molecule has 0 heterocycles. The van der Waals surface area contributed by atoms with E-state index in [2.05, 4.69) is 5.32 Å². The van der Waals surface area contributed by atoms with Crippen molar-refractivity contribution >= 4 is 39.1 Å². The number of halogens is 2. The van der Waals surface area contributed by atoms with Crippen LogP contribution in [0.1, 0.15) is 26.3 Å². The third-order valence-corrected chi connectivity index (χ3v) is 7.88. The molecule has 1 N–H and O–H groups in total. The maximum Gasteiger partial charge on any atom is 0.264 e. The summed E-state index contributed by atoms with van der Waals surface area (Å²) in [6, 6.07) is 18.5. The first-order valence-electron chi connectivity index (χ1n) is 12.1. The van der Waals surface area contributed by atoms with Crippen molar-refractivity contribution in [2.45, 2.75) is 38.3 Å². The zero-order valence-electron chi connectivity index (χ0n) is 21.5. The second-order valence-electron chi connectivity index (χ2n) is 9.26. The van der Waals surface area contributed by atoms with Crippen molar-refractivity contribution in [3.05, 3.63) is 95.3 Å². The van der Waals surface area contributed by atoms with Gasteiger partial charge in [-0.25, -0.2) is 12.8 Å². The van der Waals surface area contributed by atoms with Crippen LogP contribution in [0.25, 0.3) is 0 Å². The smallest absolute Gasteiger partial charge is 0.264 e. The predicted molar refractivity (Wildman–Crippen MR) is 147 cm³/mol. The molecule has 1 unspecified atom stereocenters. The molecule has 3 rings (SSSR count). The van der Waals surface area contributed by atoms with E-state index in [0.29, 0.717) is 17.1 Å². The van der Waals surface area contributed by atoms with E-state index in [9.17, 15) is 22.4 Å². The Morgan fingerprint density at radius 3 is 2.11 bits per heavy atom. The summed E-state index contributed by atoms with van der Waals surface area (Å²) in [7, 11) is -4.15. The molecule has 0 fully saturated rings. The standard InChI is InChI=1S/C28H31ClFN3O4S/c1-20(2)17-31-28(35)21(3)32(18-22-9-13-24(30)14-10-22)27(34)19-33(25-15-11-23(29)12-16-25)38(36,37)26-7-5-4-6-8-26/h4-16,20-21H,17-19H2,1-3H3,(H,31,35). The Kier molecular flexibility index (Phi) is 9.88. The minimum absolute atomic E-state index is 0.00978.